The SMILES string of the molecule is ON1C=Nc2c(nc3n2CCS3)C1. The first kappa shape index (κ1) is 7.40. The second-order valence-corrected chi connectivity index (χ2v) is 4.07. The zero-order chi connectivity index (χ0) is 8.84. The fraction of sp³-hybridized carbons (Fsp3) is 0.429. The Labute approximate surface area is 79.0 Å². The van der Waals surface area contributed by atoms with Crippen LogP contribution >= 0.6 is 11.8 Å². The second-order valence-electron chi connectivity index (χ2n) is 3.01. The van der Waals surface area contributed by atoms with Crippen molar-refractivity contribution in [3.8, 4) is 0 Å². The number of thioether (sulfide) groups is 1. The van der Waals surface area contributed by atoms with Gasteiger partial charge < -0.3 is 4.57 Å². The number of hydroxylamine groups is 2. The van der Waals surface area contributed by atoms with Gasteiger partial charge in [-0.15, -0.1) is 0 Å². The van der Waals surface area contributed by atoms with Gasteiger partial charge in [0.1, 0.15) is 12.0 Å². The van der Waals surface area contributed by atoms with E-state index < -0.39 is 0 Å². The predicted molar refractivity (Wildman–Crippen MR) is 48.4 cm³/mol. The predicted octanol–water partition coefficient (Wildman–Crippen LogP) is 0.853. The first-order valence-electron chi connectivity index (χ1n) is 4.06. The van der Waals surface area contributed by atoms with Crippen molar-refractivity contribution < 1.29 is 5.21 Å². The number of imidazole rings is 1. The highest BCUT2D eigenvalue weighted by Crippen LogP contribution is 2.34. The third-order valence-corrected chi connectivity index (χ3v) is 3.10. The van der Waals surface area contributed by atoms with Gasteiger partial charge in [0.05, 0.1) is 6.54 Å². The molecule has 0 bridgehead atoms. The Morgan fingerprint density at radius 1 is 1.54 bits per heavy atom. The molecule has 1 N–H and O–H groups in total. The molecular weight excluding hydrogens is 188 g/mol. The number of rotatable bonds is 0. The fourth-order valence-electron chi connectivity index (χ4n) is 1.58. The third kappa shape index (κ3) is 0.988. The van der Waals surface area contributed by atoms with Crippen LogP contribution in [0.15, 0.2) is 10.1 Å². The average Bonchev–Trinajstić information content (AvgIpc) is 2.62. The summed E-state index contributed by atoms with van der Waals surface area (Å²) in [6.07, 6.45) is 1.43. The lowest BCUT2D eigenvalue weighted by Crippen LogP contribution is -2.19. The summed E-state index contributed by atoms with van der Waals surface area (Å²) in [7, 11) is 0. The Morgan fingerprint density at radius 2 is 2.46 bits per heavy atom. The molecule has 0 atom stereocenters. The number of hydrogen-bond donors (Lipinski definition) is 1. The monoisotopic (exact) mass is 196 g/mol. The molecule has 2 aliphatic heterocycles. The van der Waals surface area contributed by atoms with E-state index in [-0.39, 0.29) is 0 Å². The van der Waals surface area contributed by atoms with Crippen molar-refractivity contribution in [1.82, 2.24) is 14.6 Å². The van der Waals surface area contributed by atoms with E-state index in [2.05, 4.69) is 14.5 Å². The average molecular weight is 196 g/mol. The molecule has 3 rings (SSSR count). The van der Waals surface area contributed by atoms with Crippen LogP contribution < -0.4 is 0 Å². The van der Waals surface area contributed by atoms with E-state index in [0.717, 1.165) is 34.0 Å². The van der Waals surface area contributed by atoms with Crippen molar-refractivity contribution in [3.05, 3.63) is 5.69 Å². The molecule has 5 nitrogen and oxygen atoms in total. The smallest absolute Gasteiger partial charge is 0.170 e. The molecule has 1 aromatic rings. The summed E-state index contributed by atoms with van der Waals surface area (Å²) in [6, 6.07) is 0. The number of hydrogen-bond acceptors (Lipinski definition) is 5. The summed E-state index contributed by atoms with van der Waals surface area (Å²) in [6.45, 7) is 1.42. The molecule has 13 heavy (non-hydrogen) atoms. The number of fused-ring (bicyclic) bond motifs is 3. The van der Waals surface area contributed by atoms with Gasteiger partial charge >= 0.3 is 0 Å². The van der Waals surface area contributed by atoms with Gasteiger partial charge in [0.2, 0.25) is 0 Å². The van der Waals surface area contributed by atoms with E-state index in [9.17, 15) is 5.21 Å². The van der Waals surface area contributed by atoms with Gasteiger partial charge in [0.25, 0.3) is 0 Å². The minimum Gasteiger partial charge on any atom is -0.303 e. The normalized spacial score (nSPS) is 19.0. The molecule has 0 spiro atoms. The Morgan fingerprint density at radius 3 is 3.38 bits per heavy atom. The molecule has 0 fully saturated rings. The summed E-state index contributed by atoms with van der Waals surface area (Å²) < 4.78 is 2.10. The van der Waals surface area contributed by atoms with Crippen molar-refractivity contribution in [1.29, 1.82) is 0 Å². The molecular formula is C7H8N4OS. The van der Waals surface area contributed by atoms with Crippen LogP contribution in [0, 0.1) is 0 Å². The molecule has 1 aromatic heterocycles. The maximum Gasteiger partial charge on any atom is 0.170 e. The van der Waals surface area contributed by atoms with Gasteiger partial charge in [-0.05, 0) is 0 Å². The lowest BCUT2D eigenvalue weighted by Gasteiger charge is -2.14. The molecule has 0 unspecified atom stereocenters. The van der Waals surface area contributed by atoms with Gasteiger partial charge in [0.15, 0.2) is 11.0 Å². The van der Waals surface area contributed by atoms with Crippen molar-refractivity contribution in [3.63, 3.8) is 0 Å². The Hall–Kier alpha value is -1.01. The van der Waals surface area contributed by atoms with Crippen molar-refractivity contribution in [2.45, 2.75) is 18.2 Å². The number of nitrogens with zero attached hydrogens (tertiary/aromatic N) is 4. The molecule has 0 amide bonds. The van der Waals surface area contributed by atoms with Gasteiger partial charge in [-0.1, -0.05) is 11.8 Å². The topological polar surface area (TPSA) is 53.6 Å². The molecule has 0 radical (unpaired) electrons. The molecule has 68 valence electrons. The van der Waals surface area contributed by atoms with E-state index in [1.165, 1.54) is 6.34 Å². The molecule has 0 aliphatic carbocycles. The number of aliphatic imine (C=N–C) groups is 1. The van der Waals surface area contributed by atoms with E-state index >= 15 is 0 Å². The van der Waals surface area contributed by atoms with Crippen molar-refractivity contribution in [2.24, 2.45) is 4.99 Å². The quantitative estimate of drug-likeness (QED) is 0.668. The molecule has 0 aromatic carbocycles. The zero-order valence-corrected chi connectivity index (χ0v) is 7.66. The van der Waals surface area contributed by atoms with Crippen LogP contribution in [0.3, 0.4) is 0 Å². The molecule has 3 heterocycles. The van der Waals surface area contributed by atoms with Crippen LogP contribution in [0.2, 0.25) is 0 Å². The van der Waals surface area contributed by atoms with Crippen LogP contribution in [0.1, 0.15) is 5.69 Å². The van der Waals surface area contributed by atoms with Crippen LogP contribution in [0.25, 0.3) is 0 Å². The van der Waals surface area contributed by atoms with E-state index in [0.29, 0.717) is 6.54 Å². The standard InChI is InChI=1S/C7H8N4OS/c12-10-3-5-6(8-4-10)11-1-2-13-7(11)9-5/h4,12H,1-3H2. The molecule has 0 saturated heterocycles. The third-order valence-electron chi connectivity index (χ3n) is 2.15. The summed E-state index contributed by atoms with van der Waals surface area (Å²) in [4.78, 5) is 8.54. The maximum absolute atomic E-state index is 9.17. The summed E-state index contributed by atoms with van der Waals surface area (Å²) in [5.41, 5.74) is 0.868. The van der Waals surface area contributed by atoms with Gasteiger partial charge in [-0.2, -0.15) is 0 Å². The van der Waals surface area contributed by atoms with Crippen LogP contribution in [-0.4, -0.2) is 31.9 Å². The highest BCUT2D eigenvalue weighted by Gasteiger charge is 2.23. The van der Waals surface area contributed by atoms with E-state index in [4.69, 9.17) is 0 Å². The minimum absolute atomic E-state index is 0.444. The summed E-state index contributed by atoms with van der Waals surface area (Å²) in [5.74, 6) is 1.99. The Bertz CT molecular complexity index is 386. The second kappa shape index (κ2) is 2.49. The zero-order valence-electron chi connectivity index (χ0n) is 6.84. The largest absolute Gasteiger partial charge is 0.303 e. The summed E-state index contributed by atoms with van der Waals surface area (Å²) in [5, 5.41) is 11.3. The molecule has 2 aliphatic rings. The maximum atomic E-state index is 9.17. The van der Waals surface area contributed by atoms with E-state index in [1.54, 1.807) is 11.8 Å². The van der Waals surface area contributed by atoms with Crippen LogP contribution in [0.4, 0.5) is 5.82 Å². The summed E-state index contributed by atoms with van der Waals surface area (Å²) >= 11 is 1.74. The van der Waals surface area contributed by atoms with Gasteiger partial charge in [-0.25, -0.2) is 15.0 Å². The first-order valence-corrected chi connectivity index (χ1v) is 5.05. The van der Waals surface area contributed by atoms with Gasteiger partial charge in [0, 0.05) is 12.3 Å². The van der Waals surface area contributed by atoms with Gasteiger partial charge in [-0.3, -0.25) is 5.21 Å². The first-order chi connectivity index (χ1) is 6.34. The molecule has 6 heteroatoms. The Kier molecular flexibility index (Phi) is 1.42. The minimum atomic E-state index is 0.444. The highest BCUT2D eigenvalue weighted by molar-refractivity contribution is 7.99. The lowest BCUT2D eigenvalue weighted by atomic mass is 10.4. The van der Waals surface area contributed by atoms with Crippen LogP contribution in [0.5, 0.6) is 0 Å². The van der Waals surface area contributed by atoms with Crippen LogP contribution in [-0.2, 0) is 13.1 Å². The van der Waals surface area contributed by atoms with E-state index in [1.807, 2.05) is 0 Å². The molecule has 0 saturated carbocycles. The van der Waals surface area contributed by atoms with Crippen molar-refractivity contribution >= 4 is 23.9 Å². The number of aromatic nitrogens is 2. The Balaban J connectivity index is 2.14. The lowest BCUT2D eigenvalue weighted by molar-refractivity contribution is -0.0189. The highest BCUT2D eigenvalue weighted by atomic mass is 32.2. The van der Waals surface area contributed by atoms with Crippen molar-refractivity contribution in [2.75, 3.05) is 5.75 Å². The fourth-order valence-corrected chi connectivity index (χ4v) is 2.54.